The lowest BCUT2D eigenvalue weighted by Crippen LogP contribution is -1.89. The first-order valence-electron chi connectivity index (χ1n) is 6.51. The molecule has 0 atom stereocenters. The predicted molar refractivity (Wildman–Crippen MR) is 81.4 cm³/mol. The van der Waals surface area contributed by atoms with Crippen LogP contribution in [0.25, 0.3) is 16.2 Å². The average molecular weight is 314 g/mol. The molecule has 21 heavy (non-hydrogen) atoms. The minimum absolute atomic E-state index is 0.158. The Kier molecular flexibility index (Phi) is 2.87. The molecule has 5 nitrogen and oxygen atoms in total. The smallest absolute Gasteiger partial charge is 0.213 e. The van der Waals surface area contributed by atoms with E-state index in [1.807, 2.05) is 6.07 Å². The normalized spacial score (nSPS) is 14.4. The van der Waals surface area contributed by atoms with Crippen molar-refractivity contribution < 1.29 is 5.11 Å². The van der Waals surface area contributed by atoms with Crippen molar-refractivity contribution in [2.75, 3.05) is 0 Å². The van der Waals surface area contributed by atoms with Crippen molar-refractivity contribution in [1.82, 2.24) is 14.6 Å². The van der Waals surface area contributed by atoms with Crippen LogP contribution in [0, 0.1) is 10.7 Å². The number of rotatable bonds is 3. The van der Waals surface area contributed by atoms with Crippen LogP contribution in [0.5, 0.6) is 5.75 Å². The van der Waals surface area contributed by atoms with Crippen LogP contribution in [0.15, 0.2) is 29.3 Å². The van der Waals surface area contributed by atoms with Crippen LogP contribution in [-0.2, 0) is 0 Å². The maximum atomic E-state index is 10.0. The molecule has 2 aromatic heterocycles. The van der Waals surface area contributed by atoms with Crippen LogP contribution < -0.4 is 0 Å². The van der Waals surface area contributed by atoms with Crippen molar-refractivity contribution in [3.8, 4) is 22.4 Å². The molecule has 0 saturated heterocycles. The van der Waals surface area contributed by atoms with Crippen LogP contribution in [0.2, 0.25) is 0 Å². The van der Waals surface area contributed by atoms with E-state index < -0.39 is 0 Å². The molecule has 2 heterocycles. The summed E-state index contributed by atoms with van der Waals surface area (Å²) >= 11 is 2.59. The van der Waals surface area contributed by atoms with E-state index in [2.05, 4.69) is 15.5 Å². The van der Waals surface area contributed by atoms with Gasteiger partial charge >= 0.3 is 0 Å². The minimum atomic E-state index is 0.158. The molecule has 1 aliphatic carbocycles. The van der Waals surface area contributed by atoms with Gasteiger partial charge in [0.1, 0.15) is 26.9 Å². The summed E-state index contributed by atoms with van der Waals surface area (Å²) in [4.78, 5) is 5.35. The topological polar surface area (TPSA) is 74.2 Å². The van der Waals surface area contributed by atoms with Gasteiger partial charge in [0.15, 0.2) is 0 Å². The van der Waals surface area contributed by atoms with E-state index in [1.54, 1.807) is 34.1 Å². The third kappa shape index (κ3) is 2.07. The number of para-hydroxylation sites is 1. The summed E-state index contributed by atoms with van der Waals surface area (Å²) in [5.74, 6) is 0.718. The highest BCUT2D eigenvalue weighted by molar-refractivity contribution is 8.03. The monoisotopic (exact) mass is 314 g/mol. The number of imidazole rings is 1. The SMILES string of the molecule is N#CSc1c(-c2ccccc2O)nc2sc(C3CC3)nn12. The van der Waals surface area contributed by atoms with Gasteiger partial charge in [-0.1, -0.05) is 23.5 Å². The number of thiocyanates is 1. The number of hydrogen-bond acceptors (Lipinski definition) is 6. The molecule has 0 amide bonds. The number of aromatic hydroxyl groups is 1. The van der Waals surface area contributed by atoms with Gasteiger partial charge < -0.3 is 5.11 Å². The highest BCUT2D eigenvalue weighted by Gasteiger charge is 2.29. The van der Waals surface area contributed by atoms with Crippen molar-refractivity contribution in [2.24, 2.45) is 0 Å². The molecule has 3 aromatic rings. The second-order valence-electron chi connectivity index (χ2n) is 4.89. The Bertz CT molecular complexity index is 873. The fourth-order valence-electron chi connectivity index (χ4n) is 2.22. The summed E-state index contributed by atoms with van der Waals surface area (Å²) in [7, 11) is 0. The Morgan fingerprint density at radius 1 is 1.38 bits per heavy atom. The van der Waals surface area contributed by atoms with E-state index in [9.17, 15) is 5.11 Å². The van der Waals surface area contributed by atoms with Gasteiger partial charge in [-0.2, -0.15) is 14.9 Å². The quantitative estimate of drug-likeness (QED) is 0.590. The van der Waals surface area contributed by atoms with Gasteiger partial charge in [0.25, 0.3) is 0 Å². The summed E-state index contributed by atoms with van der Waals surface area (Å²) in [6.07, 6.45) is 2.37. The third-order valence-electron chi connectivity index (χ3n) is 3.41. The Balaban J connectivity index is 1.92. The molecule has 1 aromatic carbocycles. The molecule has 0 unspecified atom stereocenters. The van der Waals surface area contributed by atoms with E-state index in [1.165, 1.54) is 12.8 Å². The molecule has 1 aliphatic rings. The molecule has 0 aliphatic heterocycles. The van der Waals surface area contributed by atoms with Crippen molar-refractivity contribution in [3.05, 3.63) is 29.3 Å². The molecule has 104 valence electrons. The molecular formula is C14H10N4OS2. The van der Waals surface area contributed by atoms with Crippen molar-refractivity contribution in [2.45, 2.75) is 23.8 Å². The molecule has 0 bridgehead atoms. The van der Waals surface area contributed by atoms with Gasteiger partial charge in [-0.25, -0.2) is 4.98 Å². The van der Waals surface area contributed by atoms with Gasteiger partial charge in [-0.3, -0.25) is 0 Å². The number of phenols is 1. The third-order valence-corrected chi connectivity index (χ3v) is 5.13. The first-order chi connectivity index (χ1) is 10.3. The van der Waals surface area contributed by atoms with Crippen molar-refractivity contribution in [1.29, 1.82) is 5.26 Å². The van der Waals surface area contributed by atoms with E-state index in [0.717, 1.165) is 21.7 Å². The molecule has 0 spiro atoms. The highest BCUT2D eigenvalue weighted by Crippen LogP contribution is 2.44. The first-order valence-corrected chi connectivity index (χ1v) is 8.15. The Morgan fingerprint density at radius 2 is 2.19 bits per heavy atom. The molecule has 0 radical (unpaired) electrons. The Labute approximate surface area is 128 Å². The second kappa shape index (κ2) is 4.76. The summed E-state index contributed by atoms with van der Waals surface area (Å²) in [5, 5.41) is 27.5. The van der Waals surface area contributed by atoms with Crippen molar-refractivity contribution in [3.63, 3.8) is 0 Å². The van der Waals surface area contributed by atoms with Crippen LogP contribution in [0.4, 0.5) is 0 Å². The van der Waals surface area contributed by atoms with Gasteiger partial charge in [0.05, 0.1) is 0 Å². The van der Waals surface area contributed by atoms with Crippen LogP contribution >= 0.6 is 23.1 Å². The van der Waals surface area contributed by atoms with Gasteiger partial charge in [0.2, 0.25) is 4.96 Å². The maximum Gasteiger partial charge on any atom is 0.213 e. The lowest BCUT2D eigenvalue weighted by atomic mass is 10.1. The molecule has 7 heteroatoms. The Morgan fingerprint density at radius 3 is 2.90 bits per heavy atom. The zero-order chi connectivity index (χ0) is 14.4. The van der Waals surface area contributed by atoms with Gasteiger partial charge in [-0.15, -0.1) is 0 Å². The van der Waals surface area contributed by atoms with Crippen molar-refractivity contribution >= 4 is 28.1 Å². The van der Waals surface area contributed by atoms with E-state index in [4.69, 9.17) is 5.26 Å². The van der Waals surface area contributed by atoms with E-state index >= 15 is 0 Å². The van der Waals surface area contributed by atoms with Crippen LogP contribution in [0.1, 0.15) is 23.8 Å². The van der Waals surface area contributed by atoms with Gasteiger partial charge in [-0.05, 0) is 25.0 Å². The number of thioether (sulfide) groups is 1. The van der Waals surface area contributed by atoms with Crippen LogP contribution in [0.3, 0.4) is 0 Å². The zero-order valence-electron chi connectivity index (χ0n) is 10.9. The highest BCUT2D eigenvalue weighted by atomic mass is 32.2. The lowest BCUT2D eigenvalue weighted by molar-refractivity contribution is 0.477. The Hall–Kier alpha value is -2.04. The zero-order valence-corrected chi connectivity index (χ0v) is 12.5. The number of phenolic OH excluding ortho intramolecular Hbond substituents is 1. The summed E-state index contributed by atoms with van der Waals surface area (Å²) in [6.45, 7) is 0. The van der Waals surface area contributed by atoms with Crippen LogP contribution in [-0.4, -0.2) is 19.7 Å². The minimum Gasteiger partial charge on any atom is -0.507 e. The molecule has 1 saturated carbocycles. The molecular weight excluding hydrogens is 304 g/mol. The number of nitriles is 1. The second-order valence-corrected chi connectivity index (χ2v) is 6.65. The van der Waals surface area contributed by atoms with E-state index in [-0.39, 0.29) is 5.75 Å². The average Bonchev–Trinajstić information content (AvgIpc) is 3.17. The summed E-state index contributed by atoms with van der Waals surface area (Å²) in [6, 6.07) is 7.02. The molecule has 1 N–H and O–H groups in total. The largest absolute Gasteiger partial charge is 0.507 e. The number of fused-ring (bicyclic) bond motifs is 1. The fraction of sp³-hybridized carbons (Fsp3) is 0.214. The molecule has 1 fully saturated rings. The number of aromatic nitrogens is 3. The number of benzene rings is 1. The number of hydrogen-bond donors (Lipinski definition) is 1. The molecule has 4 rings (SSSR count). The van der Waals surface area contributed by atoms with Gasteiger partial charge in [0, 0.05) is 23.2 Å². The lowest BCUT2D eigenvalue weighted by Gasteiger charge is -2.02. The first kappa shape index (κ1) is 12.7. The summed E-state index contributed by atoms with van der Waals surface area (Å²) < 4.78 is 1.73. The summed E-state index contributed by atoms with van der Waals surface area (Å²) in [5.41, 5.74) is 1.24. The van der Waals surface area contributed by atoms with E-state index in [0.29, 0.717) is 22.2 Å². The number of nitrogens with zero attached hydrogens (tertiary/aromatic N) is 4. The maximum absolute atomic E-state index is 10.0. The standard InChI is InChI=1S/C14H10N4OS2/c15-7-20-13-11(9-3-1-2-4-10(9)19)16-14-18(13)17-12(21-14)8-5-6-8/h1-4,8,19H,5-6H2. The predicted octanol–water partition coefficient (Wildman–Crippen LogP) is 3.61. The fourth-order valence-corrected chi connectivity index (χ4v) is 3.90.